The van der Waals surface area contributed by atoms with Gasteiger partial charge in [-0.1, -0.05) is 36.7 Å². The second-order valence-electron chi connectivity index (χ2n) is 8.20. The molecule has 0 spiro atoms. The smallest absolute Gasteiger partial charge is 0.338 e. The molecule has 0 saturated heterocycles. The Bertz CT molecular complexity index is 1120. The minimum atomic E-state index is -0.718. The molecule has 1 aliphatic rings. The van der Waals surface area contributed by atoms with Crippen molar-refractivity contribution in [1.82, 2.24) is 10.2 Å². The standard InChI is InChI=1S/C25H29ClN4O4/c1-5-12-30-16(4)21(23(31)34-15(2)3)22(29-25(30)33)17-8-6-10-19(13-17)27-24(32)28-20-11-7-9-18(26)14-20/h6-11,13-15,22H,5,12H2,1-4H3,(H,29,33)(H2,27,28,32). The second kappa shape index (κ2) is 11.1. The molecule has 1 aliphatic heterocycles. The Kier molecular flexibility index (Phi) is 8.17. The quantitative estimate of drug-likeness (QED) is 0.440. The number of amides is 4. The lowest BCUT2D eigenvalue weighted by molar-refractivity contribution is -0.143. The van der Waals surface area contributed by atoms with E-state index in [0.717, 1.165) is 6.42 Å². The molecule has 3 rings (SSSR count). The number of allylic oxidation sites excluding steroid dienone is 1. The highest BCUT2D eigenvalue weighted by Crippen LogP contribution is 2.32. The number of rotatable bonds is 7. The van der Waals surface area contributed by atoms with Crippen LogP contribution in [0.3, 0.4) is 0 Å². The number of esters is 1. The molecule has 1 heterocycles. The first-order valence-corrected chi connectivity index (χ1v) is 11.5. The van der Waals surface area contributed by atoms with Crippen LogP contribution < -0.4 is 16.0 Å². The van der Waals surface area contributed by atoms with E-state index in [4.69, 9.17) is 16.3 Å². The number of carbonyl (C=O) groups excluding carboxylic acids is 3. The van der Waals surface area contributed by atoms with Crippen LogP contribution in [-0.2, 0) is 9.53 Å². The van der Waals surface area contributed by atoms with Crippen LogP contribution >= 0.6 is 11.6 Å². The Morgan fingerprint density at radius 1 is 1.12 bits per heavy atom. The number of nitrogens with zero attached hydrogens (tertiary/aromatic N) is 1. The van der Waals surface area contributed by atoms with Gasteiger partial charge in [0.15, 0.2) is 0 Å². The van der Waals surface area contributed by atoms with Crippen LogP contribution in [0.4, 0.5) is 21.0 Å². The highest BCUT2D eigenvalue weighted by atomic mass is 35.5. The lowest BCUT2D eigenvalue weighted by atomic mass is 9.94. The number of anilines is 2. The van der Waals surface area contributed by atoms with Gasteiger partial charge in [-0.25, -0.2) is 14.4 Å². The summed E-state index contributed by atoms with van der Waals surface area (Å²) in [7, 11) is 0. The molecule has 4 amide bonds. The van der Waals surface area contributed by atoms with Gasteiger partial charge < -0.3 is 20.7 Å². The zero-order valence-electron chi connectivity index (χ0n) is 19.6. The van der Waals surface area contributed by atoms with Gasteiger partial charge in [-0.3, -0.25) is 4.90 Å². The maximum Gasteiger partial charge on any atom is 0.338 e. The van der Waals surface area contributed by atoms with E-state index < -0.39 is 18.0 Å². The number of hydrogen-bond donors (Lipinski definition) is 3. The van der Waals surface area contributed by atoms with Crippen LogP contribution in [0.25, 0.3) is 0 Å². The first kappa shape index (κ1) is 25.1. The molecular formula is C25H29ClN4O4. The summed E-state index contributed by atoms with van der Waals surface area (Å²) in [6.07, 6.45) is 0.428. The predicted octanol–water partition coefficient (Wildman–Crippen LogP) is 5.69. The number of carbonyl (C=O) groups is 3. The van der Waals surface area contributed by atoms with E-state index in [1.807, 2.05) is 6.92 Å². The van der Waals surface area contributed by atoms with Gasteiger partial charge in [0.05, 0.1) is 17.7 Å². The van der Waals surface area contributed by atoms with Crippen molar-refractivity contribution in [2.75, 3.05) is 17.2 Å². The van der Waals surface area contributed by atoms with E-state index in [9.17, 15) is 14.4 Å². The van der Waals surface area contributed by atoms with Crippen molar-refractivity contribution in [2.24, 2.45) is 0 Å². The monoisotopic (exact) mass is 484 g/mol. The minimum Gasteiger partial charge on any atom is -0.459 e. The van der Waals surface area contributed by atoms with E-state index in [2.05, 4.69) is 16.0 Å². The molecule has 180 valence electrons. The molecule has 2 aromatic carbocycles. The average molecular weight is 485 g/mol. The average Bonchev–Trinajstić information content (AvgIpc) is 2.75. The highest BCUT2D eigenvalue weighted by molar-refractivity contribution is 6.30. The van der Waals surface area contributed by atoms with Gasteiger partial charge in [-0.15, -0.1) is 0 Å². The number of urea groups is 2. The summed E-state index contributed by atoms with van der Waals surface area (Å²) in [4.78, 5) is 39.8. The van der Waals surface area contributed by atoms with Crippen molar-refractivity contribution in [3.63, 3.8) is 0 Å². The Morgan fingerprint density at radius 2 is 1.76 bits per heavy atom. The van der Waals surface area contributed by atoms with Gasteiger partial charge in [-0.05, 0) is 63.1 Å². The summed E-state index contributed by atoms with van der Waals surface area (Å²) in [5.74, 6) is -0.490. The maximum absolute atomic E-state index is 13.0. The van der Waals surface area contributed by atoms with Crippen molar-refractivity contribution in [3.8, 4) is 0 Å². The Labute approximate surface area is 204 Å². The molecule has 0 saturated carbocycles. The molecular weight excluding hydrogens is 456 g/mol. The van der Waals surface area contributed by atoms with E-state index in [0.29, 0.717) is 39.8 Å². The zero-order valence-corrected chi connectivity index (χ0v) is 20.4. The van der Waals surface area contributed by atoms with Crippen LogP contribution in [0.15, 0.2) is 59.8 Å². The topological polar surface area (TPSA) is 99.8 Å². The fourth-order valence-electron chi connectivity index (χ4n) is 3.72. The van der Waals surface area contributed by atoms with Crippen LogP contribution in [0, 0.1) is 0 Å². The predicted molar refractivity (Wildman–Crippen MR) is 133 cm³/mol. The summed E-state index contributed by atoms with van der Waals surface area (Å²) in [5.41, 5.74) is 2.60. The summed E-state index contributed by atoms with van der Waals surface area (Å²) < 4.78 is 5.48. The highest BCUT2D eigenvalue weighted by Gasteiger charge is 2.36. The van der Waals surface area contributed by atoms with Gasteiger partial charge in [0, 0.05) is 28.6 Å². The summed E-state index contributed by atoms with van der Waals surface area (Å²) in [5, 5.41) is 8.91. The third-order valence-electron chi connectivity index (χ3n) is 5.17. The van der Waals surface area contributed by atoms with Crippen molar-refractivity contribution in [1.29, 1.82) is 0 Å². The Hall–Kier alpha value is -3.52. The van der Waals surface area contributed by atoms with Crippen molar-refractivity contribution in [2.45, 2.75) is 46.3 Å². The normalized spacial score (nSPS) is 15.8. The third kappa shape index (κ3) is 6.08. The van der Waals surface area contributed by atoms with E-state index in [1.54, 1.807) is 74.2 Å². The Balaban J connectivity index is 1.88. The lowest BCUT2D eigenvalue weighted by Crippen LogP contribution is -2.48. The van der Waals surface area contributed by atoms with Crippen LogP contribution in [0.1, 0.15) is 45.7 Å². The summed E-state index contributed by atoms with van der Waals surface area (Å²) in [6.45, 7) is 7.74. The van der Waals surface area contributed by atoms with Crippen LogP contribution in [0.2, 0.25) is 5.02 Å². The fraction of sp³-hybridized carbons (Fsp3) is 0.320. The molecule has 0 aromatic heterocycles. The summed E-state index contributed by atoms with van der Waals surface area (Å²) in [6, 6.07) is 12.3. The number of nitrogens with one attached hydrogen (secondary N) is 3. The largest absolute Gasteiger partial charge is 0.459 e. The van der Waals surface area contributed by atoms with Crippen molar-refractivity contribution < 1.29 is 19.1 Å². The van der Waals surface area contributed by atoms with Gasteiger partial charge in [-0.2, -0.15) is 0 Å². The molecule has 0 aliphatic carbocycles. The van der Waals surface area contributed by atoms with Gasteiger partial charge in [0.25, 0.3) is 0 Å². The molecule has 0 radical (unpaired) electrons. The maximum atomic E-state index is 13.0. The lowest BCUT2D eigenvalue weighted by Gasteiger charge is -2.35. The number of hydrogen-bond acceptors (Lipinski definition) is 4. The van der Waals surface area contributed by atoms with Gasteiger partial charge in [0.2, 0.25) is 0 Å². The minimum absolute atomic E-state index is 0.289. The first-order chi connectivity index (χ1) is 16.2. The van der Waals surface area contributed by atoms with Gasteiger partial charge in [0.1, 0.15) is 0 Å². The van der Waals surface area contributed by atoms with Gasteiger partial charge >= 0.3 is 18.0 Å². The third-order valence-corrected chi connectivity index (χ3v) is 5.40. The zero-order chi connectivity index (χ0) is 24.8. The Morgan fingerprint density at radius 3 is 2.38 bits per heavy atom. The van der Waals surface area contributed by atoms with Crippen molar-refractivity contribution >= 4 is 41.0 Å². The van der Waals surface area contributed by atoms with E-state index in [1.165, 1.54) is 0 Å². The van der Waals surface area contributed by atoms with Crippen molar-refractivity contribution in [3.05, 3.63) is 70.4 Å². The first-order valence-electron chi connectivity index (χ1n) is 11.1. The molecule has 2 aromatic rings. The molecule has 8 nitrogen and oxygen atoms in total. The van der Waals surface area contributed by atoms with E-state index in [-0.39, 0.29) is 12.1 Å². The SMILES string of the molecule is CCCN1C(=O)NC(c2cccc(NC(=O)Nc3cccc(Cl)c3)c2)C(C(=O)OC(C)C)=C1C. The number of ether oxygens (including phenoxy) is 1. The van der Waals surface area contributed by atoms with Crippen LogP contribution in [0.5, 0.6) is 0 Å². The molecule has 3 N–H and O–H groups in total. The molecule has 0 bridgehead atoms. The van der Waals surface area contributed by atoms with Crippen LogP contribution in [-0.4, -0.2) is 35.6 Å². The fourth-order valence-corrected chi connectivity index (χ4v) is 3.91. The molecule has 34 heavy (non-hydrogen) atoms. The number of halogens is 1. The second-order valence-corrected chi connectivity index (χ2v) is 8.64. The molecule has 0 fully saturated rings. The number of benzene rings is 2. The molecule has 1 atom stereocenters. The molecule has 1 unspecified atom stereocenters. The molecule has 9 heteroatoms. The van der Waals surface area contributed by atoms with E-state index >= 15 is 0 Å². The summed E-state index contributed by atoms with van der Waals surface area (Å²) >= 11 is 5.97.